The van der Waals surface area contributed by atoms with Crippen molar-refractivity contribution >= 4 is 17.5 Å². The lowest BCUT2D eigenvalue weighted by molar-refractivity contribution is 0.851. The van der Waals surface area contributed by atoms with E-state index in [0.717, 1.165) is 0 Å². The quantitative estimate of drug-likeness (QED) is 0.637. The highest BCUT2D eigenvalue weighted by atomic mass is 32.2. The third-order valence-corrected chi connectivity index (χ3v) is 2.00. The molecule has 5 nitrogen and oxygen atoms in total. The van der Waals surface area contributed by atoms with Gasteiger partial charge >= 0.3 is 0 Å². The molecular weight excluding hydrogens is 176 g/mol. The van der Waals surface area contributed by atoms with Gasteiger partial charge in [0, 0.05) is 12.3 Å². The van der Waals surface area contributed by atoms with Crippen molar-refractivity contribution in [1.29, 1.82) is 0 Å². The van der Waals surface area contributed by atoms with E-state index in [-0.39, 0.29) is 5.56 Å². The summed E-state index contributed by atoms with van der Waals surface area (Å²) in [7, 11) is 0. The van der Waals surface area contributed by atoms with Gasteiger partial charge in [0.05, 0.1) is 0 Å². The Balaban J connectivity index is 2.83. The van der Waals surface area contributed by atoms with Crippen molar-refractivity contribution < 1.29 is 0 Å². The third kappa shape index (κ3) is 1.00. The molecule has 0 amide bonds. The molecule has 0 atom stereocenters. The van der Waals surface area contributed by atoms with Crippen molar-refractivity contribution in [1.82, 2.24) is 19.6 Å². The van der Waals surface area contributed by atoms with Crippen LogP contribution in [0.3, 0.4) is 0 Å². The second kappa shape index (κ2) is 2.63. The van der Waals surface area contributed by atoms with Gasteiger partial charge in [0.2, 0.25) is 0 Å². The van der Waals surface area contributed by atoms with Gasteiger partial charge in [-0.15, -0.1) is 0 Å². The van der Waals surface area contributed by atoms with Gasteiger partial charge in [0.15, 0.2) is 5.16 Å². The van der Waals surface area contributed by atoms with E-state index < -0.39 is 0 Å². The van der Waals surface area contributed by atoms with Crippen LogP contribution in [0.1, 0.15) is 0 Å². The molecular formula is C6H6N4OS. The van der Waals surface area contributed by atoms with E-state index in [1.165, 1.54) is 28.5 Å². The van der Waals surface area contributed by atoms with Crippen LogP contribution in [0.25, 0.3) is 5.78 Å². The van der Waals surface area contributed by atoms with E-state index in [4.69, 9.17) is 0 Å². The molecule has 2 heterocycles. The highest BCUT2D eigenvalue weighted by Crippen LogP contribution is 2.06. The number of nitrogens with zero attached hydrogens (tertiary/aromatic N) is 3. The second-order valence-corrected chi connectivity index (χ2v) is 2.95. The maximum Gasteiger partial charge on any atom is 0.273 e. The highest BCUT2D eigenvalue weighted by molar-refractivity contribution is 7.98. The molecule has 0 radical (unpaired) electrons. The Morgan fingerprint density at radius 2 is 2.50 bits per heavy atom. The molecule has 0 saturated heterocycles. The number of aromatic amines is 1. The molecule has 0 saturated carbocycles. The van der Waals surface area contributed by atoms with Gasteiger partial charge < -0.3 is 0 Å². The zero-order valence-electron chi connectivity index (χ0n) is 6.31. The van der Waals surface area contributed by atoms with Crippen molar-refractivity contribution in [2.24, 2.45) is 0 Å². The Morgan fingerprint density at radius 3 is 3.17 bits per heavy atom. The first-order valence-corrected chi connectivity index (χ1v) is 4.51. The number of thioether (sulfide) groups is 1. The van der Waals surface area contributed by atoms with Gasteiger partial charge in [0.1, 0.15) is 0 Å². The number of hydrogen-bond acceptors (Lipinski definition) is 4. The molecule has 0 aromatic carbocycles. The number of nitrogens with one attached hydrogen (secondary N) is 1. The minimum absolute atomic E-state index is 0.146. The van der Waals surface area contributed by atoms with E-state index in [0.29, 0.717) is 10.9 Å². The second-order valence-electron chi connectivity index (χ2n) is 2.15. The standard InChI is InChI=1S/C6H6N4OS/c1-12-6-8-5-7-3-2-4(11)10(5)9-6/h2-3H,1H3,(H,7,8,9). The van der Waals surface area contributed by atoms with E-state index in [1.807, 2.05) is 6.26 Å². The van der Waals surface area contributed by atoms with Crippen molar-refractivity contribution in [3.05, 3.63) is 22.6 Å². The first-order chi connectivity index (χ1) is 5.81. The number of rotatable bonds is 1. The molecule has 2 rings (SSSR count). The summed E-state index contributed by atoms with van der Waals surface area (Å²) in [5.41, 5.74) is -0.146. The summed E-state index contributed by atoms with van der Waals surface area (Å²) in [6.07, 6.45) is 3.32. The summed E-state index contributed by atoms with van der Waals surface area (Å²) >= 11 is 1.44. The lowest BCUT2D eigenvalue weighted by atomic mass is 10.7. The molecule has 6 heteroatoms. The number of H-pyrrole nitrogens is 1. The number of hydrogen-bond donors (Lipinski definition) is 1. The summed E-state index contributed by atoms with van der Waals surface area (Å²) in [6, 6.07) is 1.38. The summed E-state index contributed by atoms with van der Waals surface area (Å²) in [5, 5.41) is 3.49. The van der Waals surface area contributed by atoms with Gasteiger partial charge in [-0.2, -0.15) is 9.50 Å². The summed E-state index contributed by atoms with van der Waals surface area (Å²) in [6.45, 7) is 0. The fraction of sp³-hybridized carbons (Fsp3) is 0.167. The predicted octanol–water partition coefficient (Wildman–Crippen LogP) is 0.139. The SMILES string of the molecule is CSc1nc2nccc(=O)n2[nH]1. The molecule has 0 fully saturated rings. The largest absolute Gasteiger partial charge is 0.273 e. The average molecular weight is 182 g/mol. The van der Waals surface area contributed by atoms with Crippen LogP contribution in [0, 0.1) is 0 Å². The van der Waals surface area contributed by atoms with Gasteiger partial charge in [0.25, 0.3) is 11.3 Å². The van der Waals surface area contributed by atoms with Crippen LogP contribution in [-0.2, 0) is 0 Å². The van der Waals surface area contributed by atoms with Crippen LogP contribution in [0.15, 0.2) is 22.2 Å². The zero-order valence-corrected chi connectivity index (χ0v) is 7.13. The lowest BCUT2D eigenvalue weighted by Gasteiger charge is -1.85. The topological polar surface area (TPSA) is 63.1 Å². The first-order valence-electron chi connectivity index (χ1n) is 3.29. The molecule has 0 unspecified atom stereocenters. The maximum absolute atomic E-state index is 11.2. The molecule has 62 valence electrons. The zero-order chi connectivity index (χ0) is 8.55. The van der Waals surface area contributed by atoms with Gasteiger partial charge in [-0.25, -0.2) is 4.98 Å². The van der Waals surface area contributed by atoms with Crippen molar-refractivity contribution in [3.63, 3.8) is 0 Å². The van der Waals surface area contributed by atoms with Crippen LogP contribution in [0.2, 0.25) is 0 Å². The smallest absolute Gasteiger partial charge is 0.267 e. The Kier molecular flexibility index (Phi) is 1.61. The van der Waals surface area contributed by atoms with E-state index in [2.05, 4.69) is 15.1 Å². The van der Waals surface area contributed by atoms with Crippen LogP contribution in [0.4, 0.5) is 0 Å². The molecule has 0 aliphatic rings. The summed E-state index contributed by atoms with van der Waals surface area (Å²) in [4.78, 5) is 19.1. The molecule has 0 spiro atoms. The lowest BCUT2D eigenvalue weighted by Crippen LogP contribution is -2.12. The monoisotopic (exact) mass is 182 g/mol. The Labute approximate surface area is 71.8 Å². The Hall–Kier alpha value is -1.30. The van der Waals surface area contributed by atoms with Gasteiger partial charge in [-0.1, -0.05) is 11.8 Å². The highest BCUT2D eigenvalue weighted by Gasteiger charge is 2.01. The molecule has 0 aliphatic carbocycles. The van der Waals surface area contributed by atoms with E-state index in [9.17, 15) is 4.79 Å². The molecule has 2 aromatic rings. The fourth-order valence-corrected chi connectivity index (χ4v) is 1.24. The minimum atomic E-state index is -0.146. The molecule has 0 bridgehead atoms. The van der Waals surface area contributed by atoms with Crippen LogP contribution in [-0.4, -0.2) is 25.8 Å². The van der Waals surface area contributed by atoms with Crippen LogP contribution in [0.5, 0.6) is 0 Å². The molecule has 2 aromatic heterocycles. The summed E-state index contributed by atoms with van der Waals surface area (Å²) < 4.78 is 1.31. The fourth-order valence-electron chi connectivity index (χ4n) is 0.885. The van der Waals surface area contributed by atoms with Crippen LogP contribution < -0.4 is 5.56 Å². The van der Waals surface area contributed by atoms with Gasteiger partial charge in [-0.05, 0) is 6.26 Å². The van der Waals surface area contributed by atoms with Crippen molar-refractivity contribution in [2.45, 2.75) is 5.16 Å². The molecule has 12 heavy (non-hydrogen) atoms. The van der Waals surface area contributed by atoms with E-state index in [1.54, 1.807) is 0 Å². The predicted molar refractivity (Wildman–Crippen MR) is 45.4 cm³/mol. The van der Waals surface area contributed by atoms with Gasteiger partial charge in [-0.3, -0.25) is 9.89 Å². The van der Waals surface area contributed by atoms with Crippen molar-refractivity contribution in [2.75, 3.05) is 6.26 Å². The van der Waals surface area contributed by atoms with E-state index >= 15 is 0 Å². The van der Waals surface area contributed by atoms with Crippen LogP contribution >= 0.6 is 11.8 Å². The number of fused-ring (bicyclic) bond motifs is 1. The van der Waals surface area contributed by atoms with Crippen molar-refractivity contribution in [3.8, 4) is 0 Å². The molecule has 1 N–H and O–H groups in total. The summed E-state index contributed by atoms with van der Waals surface area (Å²) in [5.74, 6) is 0.409. The maximum atomic E-state index is 11.2. The molecule has 0 aliphatic heterocycles. The minimum Gasteiger partial charge on any atom is -0.267 e. The normalized spacial score (nSPS) is 10.8. The Morgan fingerprint density at radius 1 is 1.67 bits per heavy atom. The number of aromatic nitrogens is 4. The first kappa shape index (κ1) is 7.35. The Bertz CT molecular complexity index is 460. The third-order valence-electron chi connectivity index (χ3n) is 1.43. The average Bonchev–Trinajstić information content (AvgIpc) is 2.49.